The highest BCUT2D eigenvalue weighted by Gasteiger charge is 2.51. The summed E-state index contributed by atoms with van der Waals surface area (Å²) in [5.74, 6) is 0. The summed E-state index contributed by atoms with van der Waals surface area (Å²) in [6, 6.07) is 0. The first-order valence-corrected chi connectivity index (χ1v) is 6.41. The molecule has 0 amide bonds. The Labute approximate surface area is 110 Å². The Morgan fingerprint density at radius 3 is 1.56 bits per heavy atom. The maximum absolute atomic E-state index is 13.2. The lowest BCUT2D eigenvalue weighted by atomic mass is 9.72. The van der Waals surface area contributed by atoms with Gasteiger partial charge in [0.15, 0.2) is 0 Å². The molecule has 0 aromatic carbocycles. The van der Waals surface area contributed by atoms with Crippen LogP contribution in [0.1, 0.15) is 61.3 Å². The zero-order valence-electron chi connectivity index (χ0n) is 12.7. The van der Waals surface area contributed by atoms with Crippen molar-refractivity contribution < 1.29 is 13.2 Å². The first-order chi connectivity index (χ1) is 7.66. The molecule has 0 aliphatic carbocycles. The van der Waals surface area contributed by atoms with Gasteiger partial charge in [-0.2, -0.15) is 13.2 Å². The molecule has 0 spiro atoms. The Kier molecular flexibility index (Phi) is 5.12. The number of allylic oxidation sites excluding steroid dienone is 2. The zero-order chi connectivity index (χ0) is 14.8. The first kappa shape index (κ1) is 17.5. The minimum absolute atomic E-state index is 0.0467. The third kappa shape index (κ3) is 6.46. The van der Waals surface area contributed by atoms with E-state index in [9.17, 15) is 13.2 Å². The summed E-state index contributed by atoms with van der Waals surface area (Å²) >= 11 is 0. The van der Waals surface area contributed by atoms with Crippen molar-refractivity contribution in [2.75, 3.05) is 0 Å². The average molecular weight is 264 g/mol. The predicted octanol–water partition coefficient (Wildman–Crippen LogP) is 5.98. The summed E-state index contributed by atoms with van der Waals surface area (Å²) in [4.78, 5) is 0. The van der Waals surface area contributed by atoms with Gasteiger partial charge in [-0.3, -0.25) is 0 Å². The smallest absolute Gasteiger partial charge is 0.171 e. The molecule has 0 unspecified atom stereocenters. The average Bonchev–Trinajstić information content (AvgIpc) is 1.94. The fraction of sp³-hybridized carbons (Fsp3) is 0.867. The van der Waals surface area contributed by atoms with Gasteiger partial charge in [-0.15, -0.1) is 0 Å². The van der Waals surface area contributed by atoms with E-state index in [2.05, 4.69) is 0 Å². The number of halogens is 3. The van der Waals surface area contributed by atoms with E-state index in [0.29, 0.717) is 0 Å². The largest absolute Gasteiger partial charge is 0.394 e. The van der Waals surface area contributed by atoms with Gasteiger partial charge in [0.2, 0.25) is 0 Å². The van der Waals surface area contributed by atoms with Crippen molar-refractivity contribution >= 4 is 0 Å². The van der Waals surface area contributed by atoms with Crippen LogP contribution >= 0.6 is 0 Å². The second-order valence-electron chi connectivity index (χ2n) is 7.77. The van der Waals surface area contributed by atoms with Crippen LogP contribution in [0.5, 0.6) is 0 Å². The van der Waals surface area contributed by atoms with Gasteiger partial charge in [-0.25, -0.2) is 0 Å². The molecule has 0 saturated carbocycles. The van der Waals surface area contributed by atoms with Crippen LogP contribution in [-0.4, -0.2) is 6.18 Å². The highest BCUT2D eigenvalue weighted by molar-refractivity contribution is 4.98. The summed E-state index contributed by atoms with van der Waals surface area (Å²) in [6.45, 7) is 12.8. The van der Waals surface area contributed by atoms with Crippen molar-refractivity contribution in [3.8, 4) is 0 Å². The van der Waals surface area contributed by atoms with Crippen LogP contribution in [0, 0.1) is 16.2 Å². The third-order valence-corrected chi connectivity index (χ3v) is 2.79. The summed E-state index contributed by atoms with van der Waals surface area (Å²) in [5.41, 5.74) is -2.05. The number of hydrogen-bond acceptors (Lipinski definition) is 0. The minimum atomic E-state index is -4.16. The summed E-state index contributed by atoms with van der Waals surface area (Å²) in [5, 5.41) is 0. The van der Waals surface area contributed by atoms with Crippen molar-refractivity contribution in [1.29, 1.82) is 0 Å². The van der Waals surface area contributed by atoms with E-state index in [-0.39, 0.29) is 23.7 Å². The van der Waals surface area contributed by atoms with Gasteiger partial charge < -0.3 is 0 Å². The Balaban J connectivity index is 4.98. The van der Waals surface area contributed by atoms with Gasteiger partial charge >= 0.3 is 6.18 Å². The van der Waals surface area contributed by atoms with E-state index in [1.54, 1.807) is 6.08 Å². The molecular formula is C15H27F3. The molecule has 0 aliphatic heterocycles. The molecule has 0 saturated heterocycles. The third-order valence-electron chi connectivity index (χ3n) is 2.79. The monoisotopic (exact) mass is 264 g/mol. The lowest BCUT2D eigenvalue weighted by molar-refractivity contribution is -0.226. The van der Waals surface area contributed by atoms with Crippen LogP contribution in [-0.2, 0) is 0 Å². The molecule has 0 aliphatic rings. The molecule has 108 valence electrons. The minimum Gasteiger partial charge on any atom is -0.171 e. The molecule has 0 N–H and O–H groups in total. The fourth-order valence-electron chi connectivity index (χ4n) is 2.13. The lowest BCUT2D eigenvalue weighted by Gasteiger charge is -2.36. The first-order valence-electron chi connectivity index (χ1n) is 6.41. The van der Waals surface area contributed by atoms with Gasteiger partial charge in [0, 0.05) is 0 Å². The lowest BCUT2D eigenvalue weighted by Crippen LogP contribution is -2.38. The second kappa shape index (κ2) is 5.26. The molecule has 0 radical (unpaired) electrons. The van der Waals surface area contributed by atoms with Crippen LogP contribution in [0.3, 0.4) is 0 Å². The molecule has 0 aromatic rings. The molecule has 0 aromatic heterocycles. The maximum Gasteiger partial charge on any atom is 0.394 e. The molecular weight excluding hydrogens is 237 g/mol. The van der Waals surface area contributed by atoms with E-state index in [0.717, 1.165) is 0 Å². The van der Waals surface area contributed by atoms with Crippen LogP contribution in [0.25, 0.3) is 0 Å². The van der Waals surface area contributed by atoms with Crippen molar-refractivity contribution in [3.05, 3.63) is 12.2 Å². The van der Waals surface area contributed by atoms with E-state index in [1.807, 2.05) is 47.6 Å². The number of rotatable bonds is 3. The van der Waals surface area contributed by atoms with Crippen molar-refractivity contribution in [3.63, 3.8) is 0 Å². The molecule has 1 atom stereocenters. The Morgan fingerprint density at radius 2 is 1.28 bits per heavy atom. The van der Waals surface area contributed by atoms with Crippen LogP contribution in [0.4, 0.5) is 13.2 Å². The number of hydrogen-bond donors (Lipinski definition) is 0. The summed E-state index contributed by atoms with van der Waals surface area (Å²) in [6.07, 6.45) is -0.440. The van der Waals surface area contributed by atoms with Crippen molar-refractivity contribution in [2.24, 2.45) is 16.2 Å². The van der Waals surface area contributed by atoms with Gasteiger partial charge in [0.25, 0.3) is 0 Å². The molecule has 0 nitrogen and oxygen atoms in total. The molecule has 0 rings (SSSR count). The summed E-state index contributed by atoms with van der Waals surface area (Å²) < 4.78 is 39.7. The maximum atomic E-state index is 13.2. The standard InChI is InChI=1S/C15H27F3/c1-12(2,3)9-8-10-14(7,15(16,17)18)11-13(4,5)6/h8-9H,10-11H2,1-7H3/b9-8+/t14-/m1/s1. The Bertz CT molecular complexity index is 286. The Hall–Kier alpha value is -0.470. The van der Waals surface area contributed by atoms with Crippen molar-refractivity contribution in [2.45, 2.75) is 67.5 Å². The highest BCUT2D eigenvalue weighted by Crippen LogP contribution is 2.48. The molecule has 0 heterocycles. The van der Waals surface area contributed by atoms with Gasteiger partial charge in [-0.1, -0.05) is 60.6 Å². The van der Waals surface area contributed by atoms with Gasteiger partial charge in [0.05, 0.1) is 5.41 Å². The SMILES string of the molecule is CC(C)(C)/C=C/C[C@](C)(CC(C)(C)C)C(F)(F)F. The van der Waals surface area contributed by atoms with E-state index in [1.165, 1.54) is 6.92 Å². The highest BCUT2D eigenvalue weighted by atomic mass is 19.4. The number of alkyl halides is 3. The predicted molar refractivity (Wildman–Crippen MR) is 71.4 cm³/mol. The van der Waals surface area contributed by atoms with E-state index >= 15 is 0 Å². The van der Waals surface area contributed by atoms with Gasteiger partial charge in [-0.05, 0) is 23.7 Å². The zero-order valence-corrected chi connectivity index (χ0v) is 12.7. The Morgan fingerprint density at radius 1 is 0.833 bits per heavy atom. The van der Waals surface area contributed by atoms with Crippen LogP contribution in [0.15, 0.2) is 12.2 Å². The quantitative estimate of drug-likeness (QED) is 0.550. The second-order valence-corrected chi connectivity index (χ2v) is 7.77. The van der Waals surface area contributed by atoms with E-state index in [4.69, 9.17) is 0 Å². The summed E-state index contributed by atoms with van der Waals surface area (Å²) in [7, 11) is 0. The molecule has 18 heavy (non-hydrogen) atoms. The van der Waals surface area contributed by atoms with Gasteiger partial charge in [0.1, 0.15) is 0 Å². The normalized spacial score (nSPS) is 18.1. The van der Waals surface area contributed by atoms with Crippen LogP contribution < -0.4 is 0 Å². The fourth-order valence-corrected chi connectivity index (χ4v) is 2.13. The molecule has 0 fully saturated rings. The topological polar surface area (TPSA) is 0 Å². The molecule has 0 bridgehead atoms. The van der Waals surface area contributed by atoms with E-state index < -0.39 is 11.6 Å². The van der Waals surface area contributed by atoms with Crippen molar-refractivity contribution in [1.82, 2.24) is 0 Å². The molecule has 3 heteroatoms. The van der Waals surface area contributed by atoms with Crippen LogP contribution in [0.2, 0.25) is 0 Å².